The third kappa shape index (κ3) is 1.33. The summed E-state index contributed by atoms with van der Waals surface area (Å²) in [5.41, 5.74) is 2.99. The van der Waals surface area contributed by atoms with E-state index in [1.807, 2.05) is 18.2 Å². The molecule has 2 N–H and O–H groups in total. The molecule has 2 aromatic rings. The Bertz CT molecular complexity index is 602. The van der Waals surface area contributed by atoms with Crippen LogP contribution in [-0.2, 0) is 0 Å². The summed E-state index contributed by atoms with van der Waals surface area (Å²) < 4.78 is 0. The molecule has 2 unspecified atom stereocenters. The first-order valence-electron chi connectivity index (χ1n) is 6.65. The SMILES string of the molecule is Oc1ccc(O)c2c1C1CCC2N1c1ccccc1. The van der Waals surface area contributed by atoms with Crippen LogP contribution in [0.3, 0.4) is 0 Å². The quantitative estimate of drug-likeness (QED) is 0.764. The standard InChI is InChI=1S/C16H15NO2/c18-13-8-9-14(19)16-12-7-6-11(15(13)16)17(12)10-4-2-1-3-5-10/h1-5,8-9,11-12,18-19H,6-7H2. The van der Waals surface area contributed by atoms with Gasteiger partial charge in [-0.05, 0) is 37.1 Å². The summed E-state index contributed by atoms with van der Waals surface area (Å²) in [6.07, 6.45) is 2.06. The zero-order chi connectivity index (χ0) is 13.0. The third-order valence-electron chi connectivity index (χ3n) is 4.35. The van der Waals surface area contributed by atoms with E-state index in [-0.39, 0.29) is 12.1 Å². The van der Waals surface area contributed by atoms with Crippen LogP contribution in [0.2, 0.25) is 0 Å². The number of hydrogen-bond donors (Lipinski definition) is 2. The van der Waals surface area contributed by atoms with Gasteiger partial charge in [-0.2, -0.15) is 0 Å². The molecule has 96 valence electrons. The summed E-state index contributed by atoms with van der Waals surface area (Å²) in [5, 5.41) is 20.2. The number of para-hydroxylation sites is 1. The summed E-state index contributed by atoms with van der Waals surface area (Å²) in [6.45, 7) is 0. The van der Waals surface area contributed by atoms with E-state index in [0.29, 0.717) is 11.5 Å². The lowest BCUT2D eigenvalue weighted by molar-refractivity contribution is 0.442. The van der Waals surface area contributed by atoms with E-state index in [2.05, 4.69) is 17.0 Å². The molecule has 19 heavy (non-hydrogen) atoms. The zero-order valence-electron chi connectivity index (χ0n) is 10.5. The molecule has 4 rings (SSSR count). The highest BCUT2D eigenvalue weighted by atomic mass is 16.3. The van der Waals surface area contributed by atoms with E-state index in [9.17, 15) is 10.2 Å². The molecule has 2 aromatic carbocycles. The van der Waals surface area contributed by atoms with Crippen LogP contribution in [0.4, 0.5) is 5.69 Å². The fraction of sp³-hybridized carbons (Fsp3) is 0.250. The Balaban J connectivity index is 1.89. The largest absolute Gasteiger partial charge is 0.508 e. The monoisotopic (exact) mass is 253 g/mol. The molecule has 2 bridgehead atoms. The highest BCUT2D eigenvalue weighted by molar-refractivity contribution is 5.65. The Morgan fingerprint density at radius 2 is 1.32 bits per heavy atom. The summed E-state index contributed by atoms with van der Waals surface area (Å²) in [6, 6.07) is 13.8. The van der Waals surface area contributed by atoms with Crippen molar-refractivity contribution < 1.29 is 10.2 Å². The molecule has 0 saturated carbocycles. The molecule has 0 spiro atoms. The average Bonchev–Trinajstić information content (AvgIpc) is 3.00. The van der Waals surface area contributed by atoms with E-state index < -0.39 is 0 Å². The molecular formula is C16H15NO2. The van der Waals surface area contributed by atoms with E-state index in [4.69, 9.17) is 0 Å². The van der Waals surface area contributed by atoms with Crippen LogP contribution >= 0.6 is 0 Å². The lowest BCUT2D eigenvalue weighted by atomic mass is 9.90. The predicted molar refractivity (Wildman–Crippen MR) is 73.4 cm³/mol. The number of nitrogens with zero attached hydrogens (tertiary/aromatic N) is 1. The van der Waals surface area contributed by atoms with Crippen molar-refractivity contribution in [3.63, 3.8) is 0 Å². The van der Waals surface area contributed by atoms with Crippen LogP contribution < -0.4 is 4.90 Å². The third-order valence-corrected chi connectivity index (χ3v) is 4.35. The highest BCUT2D eigenvalue weighted by Crippen LogP contribution is 2.59. The van der Waals surface area contributed by atoms with Crippen LogP contribution in [0.5, 0.6) is 11.5 Å². The fourth-order valence-electron chi connectivity index (χ4n) is 3.65. The minimum atomic E-state index is 0.189. The van der Waals surface area contributed by atoms with Crippen molar-refractivity contribution in [3.8, 4) is 11.5 Å². The summed E-state index contributed by atoms with van der Waals surface area (Å²) in [7, 11) is 0. The van der Waals surface area contributed by atoms with Crippen molar-refractivity contribution in [2.45, 2.75) is 24.9 Å². The van der Waals surface area contributed by atoms with Crippen LogP contribution in [0.25, 0.3) is 0 Å². The molecule has 3 heteroatoms. The van der Waals surface area contributed by atoms with Gasteiger partial charge in [0.2, 0.25) is 0 Å². The Morgan fingerprint density at radius 3 is 1.84 bits per heavy atom. The van der Waals surface area contributed by atoms with E-state index >= 15 is 0 Å². The number of fused-ring (bicyclic) bond motifs is 5. The first-order chi connectivity index (χ1) is 9.27. The maximum absolute atomic E-state index is 10.1. The van der Waals surface area contributed by atoms with E-state index in [1.54, 1.807) is 12.1 Å². The number of phenolic OH excluding ortho intramolecular Hbond substituents is 2. The number of rotatable bonds is 1. The number of anilines is 1. The van der Waals surface area contributed by atoms with Gasteiger partial charge < -0.3 is 15.1 Å². The van der Waals surface area contributed by atoms with Crippen molar-refractivity contribution in [2.75, 3.05) is 4.90 Å². The molecule has 3 nitrogen and oxygen atoms in total. The summed E-state index contributed by atoms with van der Waals surface area (Å²) in [4.78, 5) is 2.32. The second kappa shape index (κ2) is 3.67. The number of phenols is 2. The van der Waals surface area contributed by atoms with Crippen molar-refractivity contribution >= 4 is 5.69 Å². The van der Waals surface area contributed by atoms with Gasteiger partial charge in [0.15, 0.2) is 0 Å². The van der Waals surface area contributed by atoms with Gasteiger partial charge in [0, 0.05) is 16.8 Å². The Kier molecular flexibility index (Phi) is 2.07. The minimum Gasteiger partial charge on any atom is -0.508 e. The molecule has 0 amide bonds. The van der Waals surface area contributed by atoms with Gasteiger partial charge in [-0.15, -0.1) is 0 Å². The minimum absolute atomic E-state index is 0.189. The van der Waals surface area contributed by atoms with Gasteiger partial charge in [0.1, 0.15) is 11.5 Å². The van der Waals surface area contributed by atoms with Gasteiger partial charge in [0.25, 0.3) is 0 Å². The van der Waals surface area contributed by atoms with Gasteiger partial charge in [0.05, 0.1) is 12.1 Å². The second-order valence-electron chi connectivity index (χ2n) is 5.28. The van der Waals surface area contributed by atoms with Gasteiger partial charge >= 0.3 is 0 Å². The van der Waals surface area contributed by atoms with Crippen molar-refractivity contribution in [3.05, 3.63) is 53.6 Å². The average molecular weight is 253 g/mol. The second-order valence-corrected chi connectivity index (χ2v) is 5.28. The van der Waals surface area contributed by atoms with Gasteiger partial charge in [-0.1, -0.05) is 18.2 Å². The molecule has 1 saturated heterocycles. The first kappa shape index (κ1) is 10.7. The fourth-order valence-corrected chi connectivity index (χ4v) is 3.65. The van der Waals surface area contributed by atoms with Crippen LogP contribution in [0.1, 0.15) is 36.1 Å². The van der Waals surface area contributed by atoms with Gasteiger partial charge in [-0.25, -0.2) is 0 Å². The van der Waals surface area contributed by atoms with Crippen LogP contribution in [-0.4, -0.2) is 10.2 Å². The number of aromatic hydroxyl groups is 2. The molecular weight excluding hydrogens is 238 g/mol. The van der Waals surface area contributed by atoms with E-state index in [1.165, 1.54) is 0 Å². The number of benzene rings is 2. The summed E-state index contributed by atoms with van der Waals surface area (Å²) in [5.74, 6) is 0.613. The highest BCUT2D eigenvalue weighted by Gasteiger charge is 2.46. The van der Waals surface area contributed by atoms with Crippen molar-refractivity contribution in [2.24, 2.45) is 0 Å². The normalized spacial score (nSPS) is 23.7. The van der Waals surface area contributed by atoms with Crippen LogP contribution in [0, 0.1) is 0 Å². The molecule has 2 aliphatic rings. The molecule has 2 heterocycles. The lowest BCUT2D eigenvalue weighted by Crippen LogP contribution is -2.18. The molecule has 2 aliphatic heterocycles. The molecule has 2 atom stereocenters. The van der Waals surface area contributed by atoms with Crippen LogP contribution in [0.15, 0.2) is 42.5 Å². The Hall–Kier alpha value is -2.16. The Labute approximate surface area is 111 Å². The maximum Gasteiger partial charge on any atom is 0.121 e. The first-order valence-corrected chi connectivity index (χ1v) is 6.65. The van der Waals surface area contributed by atoms with Crippen molar-refractivity contribution in [1.82, 2.24) is 0 Å². The smallest absolute Gasteiger partial charge is 0.121 e. The molecule has 1 fully saturated rings. The van der Waals surface area contributed by atoms with Crippen molar-refractivity contribution in [1.29, 1.82) is 0 Å². The zero-order valence-corrected chi connectivity index (χ0v) is 10.5. The topological polar surface area (TPSA) is 43.7 Å². The summed E-state index contributed by atoms with van der Waals surface area (Å²) >= 11 is 0. The molecule has 0 radical (unpaired) electrons. The molecule has 0 aliphatic carbocycles. The lowest BCUT2D eigenvalue weighted by Gasteiger charge is -2.24. The molecule has 0 aromatic heterocycles. The predicted octanol–water partition coefficient (Wildman–Crippen LogP) is 3.49. The Morgan fingerprint density at radius 1 is 0.789 bits per heavy atom. The maximum atomic E-state index is 10.1. The number of hydrogen-bond acceptors (Lipinski definition) is 3. The van der Waals surface area contributed by atoms with E-state index in [0.717, 1.165) is 29.7 Å². The van der Waals surface area contributed by atoms with Gasteiger partial charge in [-0.3, -0.25) is 0 Å².